The summed E-state index contributed by atoms with van der Waals surface area (Å²) in [5.41, 5.74) is 0.695. The molecule has 0 aliphatic carbocycles. The number of rotatable bonds is 0. The Morgan fingerprint density at radius 1 is 1.33 bits per heavy atom. The van der Waals surface area contributed by atoms with Crippen LogP contribution in [0.4, 0.5) is 0 Å². The number of hydrogen-bond acceptors (Lipinski definition) is 1. The zero-order valence-corrected chi connectivity index (χ0v) is 6.13. The predicted molar refractivity (Wildman–Crippen MR) is 30.8 cm³/mol. The van der Waals surface area contributed by atoms with Gasteiger partial charge in [0.2, 0.25) is 0 Å². The molecule has 0 amide bonds. The molecule has 9 heavy (non-hydrogen) atoms. The second-order valence-electron chi connectivity index (χ2n) is 1.56. The van der Waals surface area contributed by atoms with Crippen LogP contribution in [0, 0.1) is 11.3 Å². The molecule has 0 saturated heterocycles. The third kappa shape index (κ3) is 1.39. The molecule has 1 nitrogen and oxygen atoms in total. The van der Waals surface area contributed by atoms with Gasteiger partial charge in [-0.15, -0.1) is 0 Å². The summed E-state index contributed by atoms with van der Waals surface area (Å²) in [5.74, 6) is 0. The molecule has 2 heteroatoms. The van der Waals surface area contributed by atoms with E-state index in [4.69, 9.17) is 5.26 Å². The van der Waals surface area contributed by atoms with E-state index >= 15 is 0 Å². The Labute approximate surface area is 64.7 Å². The zero-order chi connectivity index (χ0) is 6.69. The van der Waals surface area contributed by atoms with Crippen molar-refractivity contribution in [2.24, 2.45) is 0 Å². The predicted octanol–water partition coefficient (Wildman–Crippen LogP) is 0.730. The summed E-state index contributed by atoms with van der Waals surface area (Å²) in [6.07, 6.45) is 0. The summed E-state index contributed by atoms with van der Waals surface area (Å²) >= 11 is 2.97. The SMILES string of the molecule is N#Cc1cccc[c]1[Pd]. The number of nitriles is 1. The van der Waals surface area contributed by atoms with Crippen LogP contribution < -0.4 is 4.04 Å². The van der Waals surface area contributed by atoms with Crippen LogP contribution in [0.5, 0.6) is 0 Å². The van der Waals surface area contributed by atoms with Gasteiger partial charge in [-0.05, 0) is 0 Å². The van der Waals surface area contributed by atoms with Gasteiger partial charge >= 0.3 is 64.4 Å². The average molecular weight is 209 g/mol. The Hall–Kier alpha value is -0.628. The molecular formula is C7H4NPd. The molecule has 47 valence electrons. The molecule has 0 saturated carbocycles. The van der Waals surface area contributed by atoms with Gasteiger partial charge < -0.3 is 0 Å². The Bertz CT molecular complexity index is 249. The molecule has 0 spiro atoms. The second-order valence-corrected chi connectivity index (χ2v) is 2.40. The molecule has 0 heterocycles. The molecule has 0 fully saturated rings. The van der Waals surface area contributed by atoms with Crippen LogP contribution in [-0.2, 0) is 19.2 Å². The van der Waals surface area contributed by atoms with Gasteiger partial charge in [0.1, 0.15) is 0 Å². The summed E-state index contributed by atoms with van der Waals surface area (Å²) < 4.78 is 0.892. The van der Waals surface area contributed by atoms with E-state index in [0.29, 0.717) is 5.56 Å². The number of nitrogens with zero attached hydrogens (tertiary/aromatic N) is 1. The average Bonchev–Trinajstić information content (AvgIpc) is 1.89. The summed E-state index contributed by atoms with van der Waals surface area (Å²) in [6, 6.07) is 9.43. The fourth-order valence-corrected chi connectivity index (χ4v) is 0.903. The standard InChI is InChI=1S/C7H4N.Pd/c8-6-7-4-2-1-3-5-7;/h1-4H;. The zero-order valence-electron chi connectivity index (χ0n) is 4.57. The van der Waals surface area contributed by atoms with E-state index in [-0.39, 0.29) is 0 Å². The topological polar surface area (TPSA) is 23.8 Å². The molecule has 0 aliphatic heterocycles. The van der Waals surface area contributed by atoms with Gasteiger partial charge in [-0.3, -0.25) is 0 Å². The van der Waals surface area contributed by atoms with Crippen LogP contribution in [-0.4, -0.2) is 0 Å². The van der Waals surface area contributed by atoms with E-state index in [1.165, 1.54) is 0 Å². The van der Waals surface area contributed by atoms with Crippen molar-refractivity contribution < 1.29 is 19.2 Å². The molecule has 1 aromatic rings. The number of hydrogen-bond donors (Lipinski definition) is 0. The second kappa shape index (κ2) is 2.78. The van der Waals surface area contributed by atoms with Crippen LogP contribution in [0.25, 0.3) is 0 Å². The Morgan fingerprint density at radius 3 is 2.44 bits per heavy atom. The molecule has 1 aromatic carbocycles. The molecule has 0 N–H and O–H groups in total. The van der Waals surface area contributed by atoms with Crippen LogP contribution in [0.2, 0.25) is 0 Å². The first kappa shape index (κ1) is 6.49. The molecular weight excluding hydrogens is 205 g/mol. The Kier molecular flexibility index (Phi) is 2.01. The maximum atomic E-state index is 8.44. The molecule has 1 rings (SSSR count). The van der Waals surface area contributed by atoms with Crippen molar-refractivity contribution in [1.82, 2.24) is 0 Å². The fraction of sp³-hybridized carbons (Fsp3) is 0. The van der Waals surface area contributed by atoms with Crippen molar-refractivity contribution in [3.8, 4) is 6.07 Å². The van der Waals surface area contributed by atoms with Crippen molar-refractivity contribution in [3.05, 3.63) is 29.8 Å². The van der Waals surface area contributed by atoms with Crippen molar-refractivity contribution in [3.63, 3.8) is 0 Å². The molecule has 0 aromatic heterocycles. The van der Waals surface area contributed by atoms with Gasteiger partial charge in [0.15, 0.2) is 0 Å². The number of benzene rings is 1. The first-order valence-corrected chi connectivity index (χ1v) is 3.24. The fourth-order valence-electron chi connectivity index (χ4n) is 0.537. The summed E-state index contributed by atoms with van der Waals surface area (Å²) in [7, 11) is 0. The van der Waals surface area contributed by atoms with Gasteiger partial charge in [0.25, 0.3) is 0 Å². The van der Waals surface area contributed by atoms with Crippen molar-refractivity contribution in [2.75, 3.05) is 0 Å². The third-order valence-corrected chi connectivity index (χ3v) is 1.65. The minimum atomic E-state index is 0.695. The summed E-state index contributed by atoms with van der Waals surface area (Å²) in [4.78, 5) is 0. The van der Waals surface area contributed by atoms with Crippen molar-refractivity contribution in [2.45, 2.75) is 0 Å². The van der Waals surface area contributed by atoms with E-state index in [1.54, 1.807) is 6.07 Å². The van der Waals surface area contributed by atoms with Gasteiger partial charge in [-0.1, -0.05) is 0 Å². The normalized spacial score (nSPS) is 8.56. The van der Waals surface area contributed by atoms with Crippen LogP contribution in [0.1, 0.15) is 5.56 Å². The molecule has 0 atom stereocenters. The first-order chi connectivity index (χ1) is 4.34. The molecule has 0 radical (unpaired) electrons. The van der Waals surface area contributed by atoms with Crippen molar-refractivity contribution in [1.29, 1.82) is 5.26 Å². The quantitative estimate of drug-likeness (QED) is 0.577. The van der Waals surface area contributed by atoms with Crippen LogP contribution in [0.15, 0.2) is 24.3 Å². The van der Waals surface area contributed by atoms with Crippen LogP contribution in [0.3, 0.4) is 0 Å². The first-order valence-electron chi connectivity index (χ1n) is 2.46. The van der Waals surface area contributed by atoms with E-state index < -0.39 is 0 Å². The Morgan fingerprint density at radius 2 is 2.00 bits per heavy atom. The summed E-state index contributed by atoms with van der Waals surface area (Å²) in [5, 5.41) is 8.44. The Balaban J connectivity index is 3.20. The van der Waals surface area contributed by atoms with Gasteiger partial charge in [-0.25, -0.2) is 0 Å². The minimum absolute atomic E-state index is 0.695. The van der Waals surface area contributed by atoms with E-state index in [1.807, 2.05) is 18.2 Å². The van der Waals surface area contributed by atoms with Gasteiger partial charge in [0, 0.05) is 0 Å². The van der Waals surface area contributed by atoms with E-state index in [9.17, 15) is 0 Å². The van der Waals surface area contributed by atoms with E-state index in [0.717, 1.165) is 4.04 Å². The maximum absolute atomic E-state index is 8.44. The molecule has 0 aliphatic rings. The monoisotopic (exact) mass is 208 g/mol. The molecule has 0 bridgehead atoms. The van der Waals surface area contributed by atoms with E-state index in [2.05, 4.69) is 25.3 Å². The van der Waals surface area contributed by atoms with Crippen molar-refractivity contribution >= 4 is 4.04 Å². The van der Waals surface area contributed by atoms with Gasteiger partial charge in [0.05, 0.1) is 0 Å². The third-order valence-electron chi connectivity index (χ3n) is 0.967. The van der Waals surface area contributed by atoms with Gasteiger partial charge in [-0.2, -0.15) is 0 Å². The summed E-state index contributed by atoms with van der Waals surface area (Å²) in [6.45, 7) is 0. The molecule has 0 unspecified atom stereocenters. The van der Waals surface area contributed by atoms with Crippen LogP contribution >= 0.6 is 0 Å².